The van der Waals surface area contributed by atoms with Gasteiger partial charge in [-0.3, -0.25) is 9.59 Å². The predicted molar refractivity (Wildman–Crippen MR) is 116 cm³/mol. The summed E-state index contributed by atoms with van der Waals surface area (Å²) in [6, 6.07) is 20.7. The van der Waals surface area contributed by atoms with Crippen molar-refractivity contribution >= 4 is 46.4 Å². The van der Waals surface area contributed by atoms with Crippen LogP contribution in [0.3, 0.4) is 0 Å². The van der Waals surface area contributed by atoms with Gasteiger partial charge < -0.3 is 15.4 Å². The number of ether oxygens (including phenoxy) is 1. The number of anilines is 2. The molecule has 0 bridgehead atoms. The lowest BCUT2D eigenvalue weighted by molar-refractivity contribution is -0.122. The van der Waals surface area contributed by atoms with E-state index in [4.69, 9.17) is 27.9 Å². The summed E-state index contributed by atoms with van der Waals surface area (Å²) in [4.78, 5) is 24.7. The molecule has 0 fully saturated rings. The zero-order valence-electron chi connectivity index (χ0n) is 15.5. The van der Waals surface area contributed by atoms with Crippen molar-refractivity contribution in [3.05, 3.63) is 88.4 Å². The van der Waals surface area contributed by atoms with Crippen LogP contribution in [0.5, 0.6) is 5.75 Å². The van der Waals surface area contributed by atoms with E-state index in [-0.39, 0.29) is 16.8 Å². The standard InChI is InChI=1S/C22H18Cl2N2O3/c1-14(29-19-12-6-11-18(23)20(19)24)21(27)25-16-9-5-10-17(13-16)26-22(28)15-7-3-2-4-8-15/h2-14H,1H3,(H,25,27)(H,26,28)/t14-/m0/s1. The zero-order valence-corrected chi connectivity index (χ0v) is 17.0. The Balaban J connectivity index is 1.64. The number of amides is 2. The van der Waals surface area contributed by atoms with Gasteiger partial charge in [0.25, 0.3) is 11.8 Å². The topological polar surface area (TPSA) is 67.4 Å². The molecule has 0 saturated carbocycles. The molecule has 0 saturated heterocycles. The quantitative estimate of drug-likeness (QED) is 0.532. The molecule has 148 valence electrons. The molecule has 2 N–H and O–H groups in total. The first-order valence-electron chi connectivity index (χ1n) is 8.82. The molecule has 3 aromatic carbocycles. The van der Waals surface area contributed by atoms with E-state index in [1.54, 1.807) is 73.7 Å². The molecule has 2 amide bonds. The highest BCUT2D eigenvalue weighted by Gasteiger charge is 2.17. The van der Waals surface area contributed by atoms with Crippen molar-refractivity contribution in [3.63, 3.8) is 0 Å². The molecular formula is C22H18Cl2N2O3. The first-order valence-corrected chi connectivity index (χ1v) is 9.57. The highest BCUT2D eigenvalue weighted by Crippen LogP contribution is 2.32. The van der Waals surface area contributed by atoms with Crippen molar-refractivity contribution in [2.45, 2.75) is 13.0 Å². The van der Waals surface area contributed by atoms with Gasteiger partial charge in [-0.05, 0) is 49.4 Å². The lowest BCUT2D eigenvalue weighted by atomic mass is 10.2. The summed E-state index contributed by atoms with van der Waals surface area (Å²) in [5.74, 6) is -0.278. The lowest BCUT2D eigenvalue weighted by Crippen LogP contribution is -2.30. The molecule has 3 aromatic rings. The van der Waals surface area contributed by atoms with Gasteiger partial charge in [-0.25, -0.2) is 0 Å². The number of benzene rings is 3. The van der Waals surface area contributed by atoms with Gasteiger partial charge in [-0.2, -0.15) is 0 Å². The molecule has 0 aliphatic carbocycles. The van der Waals surface area contributed by atoms with E-state index in [1.165, 1.54) is 0 Å². The average Bonchev–Trinajstić information content (AvgIpc) is 2.72. The third kappa shape index (κ3) is 5.50. The highest BCUT2D eigenvalue weighted by molar-refractivity contribution is 6.42. The molecule has 3 rings (SSSR count). The first-order chi connectivity index (χ1) is 13.9. The maximum atomic E-state index is 12.5. The second-order valence-electron chi connectivity index (χ2n) is 6.20. The van der Waals surface area contributed by atoms with Crippen molar-refractivity contribution in [1.29, 1.82) is 0 Å². The van der Waals surface area contributed by atoms with Crippen LogP contribution in [-0.4, -0.2) is 17.9 Å². The van der Waals surface area contributed by atoms with Crippen LogP contribution in [0.15, 0.2) is 72.8 Å². The van der Waals surface area contributed by atoms with Gasteiger partial charge in [-0.15, -0.1) is 0 Å². The molecule has 7 heteroatoms. The number of rotatable bonds is 6. The minimum atomic E-state index is -0.812. The summed E-state index contributed by atoms with van der Waals surface area (Å²) in [6.45, 7) is 1.60. The van der Waals surface area contributed by atoms with Crippen LogP contribution in [0, 0.1) is 0 Å². The van der Waals surface area contributed by atoms with E-state index >= 15 is 0 Å². The molecule has 5 nitrogen and oxygen atoms in total. The van der Waals surface area contributed by atoms with Crippen LogP contribution in [0.2, 0.25) is 10.0 Å². The van der Waals surface area contributed by atoms with Crippen LogP contribution in [0.4, 0.5) is 11.4 Å². The van der Waals surface area contributed by atoms with Crippen molar-refractivity contribution in [2.75, 3.05) is 10.6 Å². The smallest absolute Gasteiger partial charge is 0.265 e. The minimum absolute atomic E-state index is 0.235. The maximum absolute atomic E-state index is 12.5. The Morgan fingerprint density at radius 1 is 0.862 bits per heavy atom. The summed E-state index contributed by atoms with van der Waals surface area (Å²) < 4.78 is 5.61. The number of carbonyl (C=O) groups is 2. The average molecular weight is 429 g/mol. The van der Waals surface area contributed by atoms with Crippen molar-refractivity contribution < 1.29 is 14.3 Å². The predicted octanol–water partition coefficient (Wildman–Crippen LogP) is 5.65. The largest absolute Gasteiger partial charge is 0.479 e. The molecule has 0 spiro atoms. The van der Waals surface area contributed by atoms with Crippen LogP contribution < -0.4 is 15.4 Å². The van der Waals surface area contributed by atoms with E-state index in [2.05, 4.69) is 10.6 Å². The fourth-order valence-corrected chi connectivity index (χ4v) is 2.87. The van der Waals surface area contributed by atoms with Crippen LogP contribution in [0.1, 0.15) is 17.3 Å². The number of hydrogen-bond donors (Lipinski definition) is 2. The molecule has 0 aliphatic heterocycles. The number of nitrogens with one attached hydrogen (secondary N) is 2. The Kier molecular flexibility index (Phi) is 6.75. The molecule has 0 heterocycles. The fourth-order valence-electron chi connectivity index (χ4n) is 2.53. The molecule has 29 heavy (non-hydrogen) atoms. The van der Waals surface area contributed by atoms with Gasteiger partial charge in [0, 0.05) is 16.9 Å². The Labute approximate surface area is 178 Å². The van der Waals surface area contributed by atoms with Gasteiger partial charge in [0.2, 0.25) is 0 Å². The maximum Gasteiger partial charge on any atom is 0.265 e. The molecule has 0 radical (unpaired) electrons. The van der Waals surface area contributed by atoms with Crippen LogP contribution in [-0.2, 0) is 4.79 Å². The third-order valence-electron chi connectivity index (χ3n) is 4.01. The Morgan fingerprint density at radius 3 is 2.24 bits per heavy atom. The first kappa shape index (κ1) is 20.7. The second-order valence-corrected chi connectivity index (χ2v) is 6.99. The van der Waals surface area contributed by atoms with E-state index in [0.717, 1.165) is 0 Å². The van der Waals surface area contributed by atoms with E-state index in [0.29, 0.717) is 27.7 Å². The summed E-state index contributed by atoms with van der Waals surface area (Å²) in [5, 5.41) is 6.15. The monoisotopic (exact) mass is 428 g/mol. The highest BCUT2D eigenvalue weighted by atomic mass is 35.5. The SMILES string of the molecule is C[C@H](Oc1cccc(Cl)c1Cl)C(=O)Nc1cccc(NC(=O)c2ccccc2)c1. The Bertz CT molecular complexity index is 1030. The number of hydrogen-bond acceptors (Lipinski definition) is 3. The van der Waals surface area contributed by atoms with Crippen molar-refractivity contribution in [3.8, 4) is 5.75 Å². The summed E-state index contributed by atoms with van der Waals surface area (Å²) in [6.07, 6.45) is -0.812. The lowest BCUT2D eigenvalue weighted by Gasteiger charge is -2.16. The molecule has 0 aliphatic rings. The molecule has 1 atom stereocenters. The van der Waals surface area contributed by atoms with E-state index < -0.39 is 6.10 Å². The van der Waals surface area contributed by atoms with Gasteiger partial charge in [0.15, 0.2) is 6.10 Å². The van der Waals surface area contributed by atoms with Gasteiger partial charge in [-0.1, -0.05) is 53.5 Å². The minimum Gasteiger partial charge on any atom is -0.479 e. The van der Waals surface area contributed by atoms with Gasteiger partial charge in [0.1, 0.15) is 10.8 Å². The molecule has 0 aromatic heterocycles. The Morgan fingerprint density at radius 2 is 1.52 bits per heavy atom. The van der Waals surface area contributed by atoms with E-state index in [1.807, 2.05) is 6.07 Å². The van der Waals surface area contributed by atoms with Crippen LogP contribution in [0.25, 0.3) is 0 Å². The summed E-state index contributed by atoms with van der Waals surface area (Å²) in [7, 11) is 0. The van der Waals surface area contributed by atoms with Crippen molar-refractivity contribution in [2.24, 2.45) is 0 Å². The zero-order chi connectivity index (χ0) is 20.8. The van der Waals surface area contributed by atoms with Gasteiger partial charge in [0.05, 0.1) is 5.02 Å². The van der Waals surface area contributed by atoms with Crippen LogP contribution >= 0.6 is 23.2 Å². The van der Waals surface area contributed by atoms with Gasteiger partial charge >= 0.3 is 0 Å². The van der Waals surface area contributed by atoms with Crippen molar-refractivity contribution in [1.82, 2.24) is 0 Å². The summed E-state index contributed by atoms with van der Waals surface area (Å²) in [5.41, 5.74) is 1.62. The molecular weight excluding hydrogens is 411 g/mol. The number of halogens is 2. The molecule has 0 unspecified atom stereocenters. The number of carbonyl (C=O) groups excluding carboxylic acids is 2. The Hall–Kier alpha value is -3.02. The fraction of sp³-hybridized carbons (Fsp3) is 0.0909. The normalized spacial score (nSPS) is 11.4. The second kappa shape index (κ2) is 9.45. The third-order valence-corrected chi connectivity index (χ3v) is 4.81. The summed E-state index contributed by atoms with van der Waals surface area (Å²) >= 11 is 12.1. The van der Waals surface area contributed by atoms with E-state index in [9.17, 15) is 9.59 Å².